The number of nitrogens with zero attached hydrogens (tertiary/aromatic N) is 2. The summed E-state index contributed by atoms with van der Waals surface area (Å²) in [6, 6.07) is 6.32. The average Bonchev–Trinajstić information content (AvgIpc) is 3.19. The molecule has 1 aromatic carbocycles. The second-order valence-corrected chi connectivity index (χ2v) is 5.74. The molecule has 0 aliphatic carbocycles. The van der Waals surface area contributed by atoms with Gasteiger partial charge in [0.15, 0.2) is 5.82 Å². The molecule has 0 saturated carbocycles. The van der Waals surface area contributed by atoms with Gasteiger partial charge in [-0.25, -0.2) is 9.37 Å². The number of carbonyl (C=O) groups is 2. The van der Waals surface area contributed by atoms with Crippen molar-refractivity contribution in [3.63, 3.8) is 0 Å². The van der Waals surface area contributed by atoms with E-state index in [1.807, 2.05) is 16.8 Å². The molecule has 0 amide bonds. The van der Waals surface area contributed by atoms with Crippen molar-refractivity contribution >= 4 is 22.9 Å². The van der Waals surface area contributed by atoms with Crippen LogP contribution in [0.4, 0.5) is 4.39 Å². The highest BCUT2D eigenvalue weighted by molar-refractivity contribution is 7.08. The van der Waals surface area contributed by atoms with Crippen molar-refractivity contribution in [3.05, 3.63) is 69.7 Å². The van der Waals surface area contributed by atoms with Crippen molar-refractivity contribution in [2.45, 2.75) is 12.8 Å². The van der Waals surface area contributed by atoms with Crippen LogP contribution in [0.25, 0.3) is 0 Å². The third-order valence-corrected chi connectivity index (χ3v) is 4.19. The van der Waals surface area contributed by atoms with Crippen LogP contribution in [0, 0.1) is 5.82 Å². The number of aromatic nitrogens is 3. The fourth-order valence-corrected chi connectivity index (χ4v) is 3.09. The molecule has 2 aromatic heterocycles. The smallest absolute Gasteiger partial charge is 0.265 e. The Bertz CT molecular complexity index is 843. The van der Waals surface area contributed by atoms with E-state index in [4.69, 9.17) is 0 Å². The molecule has 0 aliphatic heterocycles. The van der Waals surface area contributed by atoms with Crippen LogP contribution in [0.2, 0.25) is 0 Å². The van der Waals surface area contributed by atoms with E-state index in [0.717, 1.165) is 16.7 Å². The molecule has 116 valence electrons. The Kier molecular flexibility index (Phi) is 4.38. The maximum absolute atomic E-state index is 13.3. The van der Waals surface area contributed by atoms with E-state index in [0.29, 0.717) is 6.42 Å². The number of Topliss-reactive ketones (excluding diaryl/α,β-unsaturated/α-hetero) is 2. The summed E-state index contributed by atoms with van der Waals surface area (Å²) in [5.74, 6) is -1.60. The van der Waals surface area contributed by atoms with Gasteiger partial charge in [0.1, 0.15) is 12.1 Å². The minimum absolute atomic E-state index is 0.00627. The van der Waals surface area contributed by atoms with Crippen LogP contribution in [0.1, 0.15) is 27.3 Å². The van der Waals surface area contributed by atoms with Gasteiger partial charge < -0.3 is 0 Å². The first-order chi connectivity index (χ1) is 11.1. The third kappa shape index (κ3) is 3.57. The van der Waals surface area contributed by atoms with E-state index < -0.39 is 11.6 Å². The minimum atomic E-state index is -0.689. The Morgan fingerprint density at radius 2 is 2.04 bits per heavy atom. The maximum atomic E-state index is 13.3. The second kappa shape index (κ2) is 6.62. The third-order valence-electron chi connectivity index (χ3n) is 3.35. The van der Waals surface area contributed by atoms with Crippen LogP contribution < -0.4 is 0 Å². The molecule has 3 aromatic rings. The monoisotopic (exact) mass is 329 g/mol. The van der Waals surface area contributed by atoms with Crippen LogP contribution >= 0.6 is 11.3 Å². The summed E-state index contributed by atoms with van der Waals surface area (Å²) >= 11 is 1.45. The first-order valence-electron chi connectivity index (χ1n) is 6.85. The van der Waals surface area contributed by atoms with Gasteiger partial charge in [0, 0.05) is 6.42 Å². The summed E-state index contributed by atoms with van der Waals surface area (Å²) in [4.78, 5) is 27.7. The molecular formula is C16H12FN3O2S. The molecular weight excluding hydrogens is 317 g/mol. The number of thiophene rings is 1. The van der Waals surface area contributed by atoms with Gasteiger partial charge in [-0.2, -0.15) is 16.4 Å². The van der Waals surface area contributed by atoms with E-state index in [1.165, 1.54) is 29.8 Å². The van der Waals surface area contributed by atoms with Crippen molar-refractivity contribution in [1.82, 2.24) is 15.2 Å². The first kappa shape index (κ1) is 15.2. The predicted octanol–water partition coefficient (Wildman–Crippen LogP) is 2.59. The molecule has 0 unspecified atom stereocenters. The highest BCUT2D eigenvalue weighted by Gasteiger charge is 2.20. The van der Waals surface area contributed by atoms with Crippen LogP contribution in [0.15, 0.2) is 41.4 Å². The summed E-state index contributed by atoms with van der Waals surface area (Å²) in [6.07, 6.45) is 1.69. The Hall–Kier alpha value is -2.67. The lowest BCUT2D eigenvalue weighted by molar-refractivity contribution is -0.114. The van der Waals surface area contributed by atoms with Crippen molar-refractivity contribution in [2.75, 3.05) is 0 Å². The number of H-pyrrole nitrogens is 1. The van der Waals surface area contributed by atoms with Gasteiger partial charge in [-0.3, -0.25) is 14.7 Å². The zero-order chi connectivity index (χ0) is 16.2. The fourth-order valence-electron chi connectivity index (χ4n) is 2.23. The van der Waals surface area contributed by atoms with E-state index >= 15 is 0 Å². The standard InChI is InChI=1S/C16H12FN3O2S/c17-13-3-1-2-10(5-13)4-11-7-23-8-12(11)6-14(21)15(22)16-18-9-19-20-16/h1-3,5,7-9H,4,6H2,(H,18,19,20). The molecule has 5 nitrogen and oxygen atoms in total. The molecule has 7 heteroatoms. The number of carbonyl (C=O) groups excluding carboxylic acids is 2. The van der Waals surface area contributed by atoms with Gasteiger partial charge in [-0.05, 0) is 46.0 Å². The number of halogens is 1. The van der Waals surface area contributed by atoms with E-state index in [2.05, 4.69) is 15.2 Å². The number of nitrogens with one attached hydrogen (secondary N) is 1. The Balaban J connectivity index is 1.73. The SMILES string of the molecule is O=C(Cc1cscc1Cc1cccc(F)c1)C(=O)c1ncn[nH]1. The zero-order valence-corrected chi connectivity index (χ0v) is 12.8. The summed E-state index contributed by atoms with van der Waals surface area (Å²) in [7, 11) is 0. The van der Waals surface area contributed by atoms with Gasteiger partial charge in [0.2, 0.25) is 5.78 Å². The summed E-state index contributed by atoms with van der Waals surface area (Å²) in [5.41, 5.74) is 2.51. The van der Waals surface area contributed by atoms with Gasteiger partial charge in [0.05, 0.1) is 0 Å². The summed E-state index contributed by atoms with van der Waals surface area (Å²) < 4.78 is 13.3. The van der Waals surface area contributed by atoms with Crippen molar-refractivity contribution < 1.29 is 14.0 Å². The molecule has 3 rings (SSSR count). The Labute approximate surface area is 135 Å². The molecule has 0 bridgehead atoms. The van der Waals surface area contributed by atoms with Crippen LogP contribution in [-0.2, 0) is 17.6 Å². The summed E-state index contributed by atoms with van der Waals surface area (Å²) in [5, 5.41) is 9.69. The van der Waals surface area contributed by atoms with Gasteiger partial charge in [0.25, 0.3) is 5.78 Å². The zero-order valence-electron chi connectivity index (χ0n) is 12.0. The number of rotatable bonds is 6. The van der Waals surface area contributed by atoms with Gasteiger partial charge in [-0.1, -0.05) is 12.1 Å². The Morgan fingerprint density at radius 1 is 1.22 bits per heavy atom. The van der Waals surface area contributed by atoms with Crippen LogP contribution in [0.3, 0.4) is 0 Å². The minimum Gasteiger partial charge on any atom is -0.290 e. The van der Waals surface area contributed by atoms with Crippen molar-refractivity contribution in [3.8, 4) is 0 Å². The van der Waals surface area contributed by atoms with E-state index in [9.17, 15) is 14.0 Å². The van der Waals surface area contributed by atoms with Gasteiger partial charge in [-0.15, -0.1) is 0 Å². The highest BCUT2D eigenvalue weighted by Crippen LogP contribution is 2.20. The number of hydrogen-bond donors (Lipinski definition) is 1. The lowest BCUT2D eigenvalue weighted by atomic mass is 10.00. The topological polar surface area (TPSA) is 75.7 Å². The molecule has 0 aliphatic rings. The molecule has 0 atom stereocenters. The highest BCUT2D eigenvalue weighted by atomic mass is 32.1. The lowest BCUT2D eigenvalue weighted by Crippen LogP contribution is -2.18. The van der Waals surface area contributed by atoms with E-state index in [1.54, 1.807) is 6.07 Å². The predicted molar refractivity (Wildman–Crippen MR) is 82.9 cm³/mol. The molecule has 2 heterocycles. The average molecular weight is 329 g/mol. The van der Waals surface area contributed by atoms with Crippen molar-refractivity contribution in [1.29, 1.82) is 0 Å². The number of aromatic amines is 1. The number of benzene rings is 1. The first-order valence-corrected chi connectivity index (χ1v) is 7.79. The molecule has 23 heavy (non-hydrogen) atoms. The molecule has 0 saturated heterocycles. The molecule has 1 N–H and O–H groups in total. The van der Waals surface area contributed by atoms with Crippen LogP contribution in [0.5, 0.6) is 0 Å². The lowest BCUT2D eigenvalue weighted by Gasteiger charge is -2.04. The maximum Gasteiger partial charge on any atom is 0.265 e. The normalized spacial score (nSPS) is 10.7. The largest absolute Gasteiger partial charge is 0.290 e. The molecule has 0 fully saturated rings. The molecule has 0 spiro atoms. The second-order valence-electron chi connectivity index (χ2n) is 4.99. The Morgan fingerprint density at radius 3 is 2.78 bits per heavy atom. The number of hydrogen-bond acceptors (Lipinski definition) is 5. The quantitative estimate of drug-likeness (QED) is 0.557. The van der Waals surface area contributed by atoms with Crippen LogP contribution in [-0.4, -0.2) is 26.7 Å². The molecule has 0 radical (unpaired) electrons. The van der Waals surface area contributed by atoms with E-state index in [-0.39, 0.29) is 18.1 Å². The van der Waals surface area contributed by atoms with Gasteiger partial charge >= 0.3 is 0 Å². The number of ketones is 2. The fraction of sp³-hybridized carbons (Fsp3) is 0.125. The summed E-state index contributed by atoms with van der Waals surface area (Å²) in [6.45, 7) is 0. The van der Waals surface area contributed by atoms with Crippen molar-refractivity contribution in [2.24, 2.45) is 0 Å².